The summed E-state index contributed by atoms with van der Waals surface area (Å²) in [5, 5.41) is 8.70. The van der Waals surface area contributed by atoms with Crippen molar-refractivity contribution in [2.24, 2.45) is 5.92 Å². The maximum Gasteiger partial charge on any atom is 0.435 e. The summed E-state index contributed by atoms with van der Waals surface area (Å²) in [4.78, 5) is 36.6. The van der Waals surface area contributed by atoms with Crippen LogP contribution < -0.4 is 15.4 Å². The molecule has 1 fully saturated rings. The van der Waals surface area contributed by atoms with E-state index in [9.17, 15) is 27.6 Å². The normalized spacial score (nSPS) is 16.9. The first-order valence-corrected chi connectivity index (χ1v) is 13.6. The van der Waals surface area contributed by atoms with E-state index in [4.69, 9.17) is 9.47 Å². The summed E-state index contributed by atoms with van der Waals surface area (Å²) in [6, 6.07) is 13.7. The average molecular weight is 587 g/mol. The number of carbonyl (C=O) groups is 3. The predicted octanol–water partition coefficient (Wildman–Crippen LogP) is 5.50. The molecule has 3 aromatic rings. The van der Waals surface area contributed by atoms with E-state index >= 15 is 0 Å². The minimum atomic E-state index is -4.85. The topological polar surface area (TPSA) is 112 Å². The van der Waals surface area contributed by atoms with Crippen LogP contribution in [0.3, 0.4) is 0 Å². The SMILES string of the molecule is COC(=O)C[C@H]1CC[C@H](c2ccc(NC(=O)CCNC(=O)c3cn(-c4ccc(OC)cc4)nc3C(F)(F)F)cc2)CC1. The molecule has 0 atom stereocenters. The van der Waals surface area contributed by atoms with Crippen LogP contribution in [0.5, 0.6) is 5.75 Å². The number of carbonyl (C=O) groups excluding carboxylic acids is 3. The Morgan fingerprint density at radius 2 is 1.64 bits per heavy atom. The number of benzene rings is 2. The molecule has 1 aliphatic rings. The third-order valence-electron chi connectivity index (χ3n) is 7.40. The minimum Gasteiger partial charge on any atom is -0.497 e. The fourth-order valence-electron chi connectivity index (χ4n) is 5.08. The van der Waals surface area contributed by atoms with Crippen molar-refractivity contribution < 1.29 is 37.0 Å². The molecule has 224 valence electrons. The Hall–Kier alpha value is -4.35. The number of esters is 1. The molecule has 0 unspecified atom stereocenters. The van der Waals surface area contributed by atoms with Gasteiger partial charge in [-0.15, -0.1) is 0 Å². The number of nitrogens with zero attached hydrogens (tertiary/aromatic N) is 2. The van der Waals surface area contributed by atoms with Gasteiger partial charge in [0.25, 0.3) is 5.91 Å². The third-order valence-corrected chi connectivity index (χ3v) is 7.40. The second-order valence-electron chi connectivity index (χ2n) is 10.2. The molecular weight excluding hydrogens is 553 g/mol. The van der Waals surface area contributed by atoms with Gasteiger partial charge >= 0.3 is 12.1 Å². The van der Waals surface area contributed by atoms with Crippen molar-refractivity contribution in [3.05, 3.63) is 71.5 Å². The lowest BCUT2D eigenvalue weighted by Gasteiger charge is -2.28. The lowest BCUT2D eigenvalue weighted by Crippen LogP contribution is -2.29. The summed E-state index contributed by atoms with van der Waals surface area (Å²) < 4.78 is 51.6. The summed E-state index contributed by atoms with van der Waals surface area (Å²) in [6.07, 6.45) is 0.332. The highest BCUT2D eigenvalue weighted by Crippen LogP contribution is 2.37. The number of ether oxygens (including phenoxy) is 2. The smallest absolute Gasteiger partial charge is 0.435 e. The summed E-state index contributed by atoms with van der Waals surface area (Å²) in [5.74, 6) is -0.306. The molecule has 4 rings (SSSR count). The van der Waals surface area contributed by atoms with Gasteiger partial charge in [0.05, 0.1) is 25.5 Å². The third kappa shape index (κ3) is 7.89. The van der Waals surface area contributed by atoms with Gasteiger partial charge in [-0.05, 0) is 79.5 Å². The zero-order valence-electron chi connectivity index (χ0n) is 23.4. The Morgan fingerprint density at radius 3 is 2.24 bits per heavy atom. The van der Waals surface area contributed by atoms with Crippen LogP contribution in [0.1, 0.15) is 66.1 Å². The number of rotatable bonds is 10. The van der Waals surface area contributed by atoms with Gasteiger partial charge in [-0.2, -0.15) is 18.3 Å². The zero-order valence-corrected chi connectivity index (χ0v) is 23.4. The van der Waals surface area contributed by atoms with Gasteiger partial charge in [-0.25, -0.2) is 4.68 Å². The molecule has 0 saturated heterocycles. The summed E-state index contributed by atoms with van der Waals surface area (Å²) in [5.41, 5.74) is 0.0879. The molecule has 0 bridgehead atoms. The van der Waals surface area contributed by atoms with E-state index in [0.29, 0.717) is 35.4 Å². The highest BCUT2D eigenvalue weighted by atomic mass is 19.4. The van der Waals surface area contributed by atoms with Crippen LogP contribution in [0.4, 0.5) is 18.9 Å². The zero-order chi connectivity index (χ0) is 30.3. The van der Waals surface area contributed by atoms with E-state index in [2.05, 4.69) is 15.7 Å². The minimum absolute atomic E-state index is 0.133. The number of alkyl halides is 3. The van der Waals surface area contributed by atoms with Crippen LogP contribution in [-0.2, 0) is 20.5 Å². The highest BCUT2D eigenvalue weighted by Gasteiger charge is 2.39. The van der Waals surface area contributed by atoms with Crippen LogP contribution in [-0.4, -0.2) is 48.3 Å². The first kappa shape index (κ1) is 30.6. The van der Waals surface area contributed by atoms with Crippen molar-refractivity contribution in [2.75, 3.05) is 26.1 Å². The van der Waals surface area contributed by atoms with Gasteiger partial charge in [0.2, 0.25) is 5.91 Å². The van der Waals surface area contributed by atoms with E-state index in [1.807, 2.05) is 12.1 Å². The second-order valence-corrected chi connectivity index (χ2v) is 10.2. The molecule has 0 spiro atoms. The molecule has 1 aliphatic carbocycles. The first-order valence-electron chi connectivity index (χ1n) is 13.6. The maximum absolute atomic E-state index is 13.6. The van der Waals surface area contributed by atoms with Gasteiger partial charge < -0.3 is 20.1 Å². The summed E-state index contributed by atoms with van der Waals surface area (Å²) in [6.45, 7) is -0.164. The molecule has 1 aromatic heterocycles. The van der Waals surface area contributed by atoms with Crippen molar-refractivity contribution in [3.63, 3.8) is 0 Å². The van der Waals surface area contributed by atoms with Crippen molar-refractivity contribution >= 4 is 23.5 Å². The van der Waals surface area contributed by atoms with E-state index in [1.54, 1.807) is 24.3 Å². The predicted molar refractivity (Wildman–Crippen MR) is 148 cm³/mol. The highest BCUT2D eigenvalue weighted by molar-refractivity contribution is 5.96. The largest absolute Gasteiger partial charge is 0.497 e. The van der Waals surface area contributed by atoms with Crippen LogP contribution in [0, 0.1) is 5.92 Å². The van der Waals surface area contributed by atoms with Gasteiger partial charge in [-0.1, -0.05) is 12.1 Å². The van der Waals surface area contributed by atoms with Crippen LogP contribution >= 0.6 is 0 Å². The Morgan fingerprint density at radius 1 is 0.976 bits per heavy atom. The number of methoxy groups -OCH3 is 2. The van der Waals surface area contributed by atoms with Crippen molar-refractivity contribution in [2.45, 2.75) is 50.6 Å². The molecule has 0 aliphatic heterocycles. The van der Waals surface area contributed by atoms with Gasteiger partial charge in [0.1, 0.15) is 5.75 Å². The van der Waals surface area contributed by atoms with Gasteiger partial charge in [0.15, 0.2) is 5.69 Å². The number of aromatic nitrogens is 2. The van der Waals surface area contributed by atoms with Gasteiger partial charge in [0, 0.05) is 31.3 Å². The number of hydrogen-bond acceptors (Lipinski definition) is 6. The molecule has 1 heterocycles. The van der Waals surface area contributed by atoms with E-state index in [1.165, 1.54) is 26.4 Å². The number of anilines is 1. The standard InChI is InChI=1S/C30H33F3N4O5/c1-41-24-13-11-23(12-14-24)37-18-25(28(36-37)30(31,32)33)29(40)34-16-15-26(38)35-22-9-7-21(8-10-22)20-5-3-19(4-6-20)17-27(39)42-2/h7-14,18-20H,3-6,15-17H2,1-2H3,(H,34,40)(H,35,38)/t19-,20-. The molecule has 2 aromatic carbocycles. The number of amides is 2. The van der Waals surface area contributed by atoms with Crippen LogP contribution in [0.25, 0.3) is 5.69 Å². The van der Waals surface area contributed by atoms with Crippen molar-refractivity contribution in [1.29, 1.82) is 0 Å². The Bertz CT molecular complexity index is 1380. The lowest BCUT2D eigenvalue weighted by atomic mass is 9.77. The summed E-state index contributed by atoms with van der Waals surface area (Å²) in [7, 11) is 2.87. The Balaban J connectivity index is 1.28. The first-order chi connectivity index (χ1) is 20.1. The molecule has 1 saturated carbocycles. The Labute approximate surface area is 241 Å². The van der Waals surface area contributed by atoms with Gasteiger partial charge in [-0.3, -0.25) is 14.4 Å². The van der Waals surface area contributed by atoms with E-state index in [-0.39, 0.29) is 18.9 Å². The fraction of sp³-hybridized carbons (Fsp3) is 0.400. The monoisotopic (exact) mass is 586 g/mol. The summed E-state index contributed by atoms with van der Waals surface area (Å²) >= 11 is 0. The number of halogens is 3. The molecule has 2 amide bonds. The van der Waals surface area contributed by atoms with Crippen molar-refractivity contribution in [1.82, 2.24) is 15.1 Å². The molecule has 12 heteroatoms. The quantitative estimate of drug-likeness (QED) is 0.304. The fourth-order valence-corrected chi connectivity index (χ4v) is 5.08. The maximum atomic E-state index is 13.6. The molecule has 42 heavy (non-hydrogen) atoms. The van der Waals surface area contributed by atoms with Crippen LogP contribution in [0.15, 0.2) is 54.7 Å². The molecule has 9 nitrogen and oxygen atoms in total. The number of nitrogens with one attached hydrogen (secondary N) is 2. The number of hydrogen-bond donors (Lipinski definition) is 2. The molecule has 2 N–H and O–H groups in total. The average Bonchev–Trinajstić information content (AvgIpc) is 3.45. The van der Waals surface area contributed by atoms with Crippen LogP contribution in [0.2, 0.25) is 0 Å². The second kappa shape index (κ2) is 13.5. The lowest BCUT2D eigenvalue weighted by molar-refractivity contribution is -0.142. The molecule has 0 radical (unpaired) electrons. The molecular formula is C30H33F3N4O5. The van der Waals surface area contributed by atoms with Crippen molar-refractivity contribution in [3.8, 4) is 11.4 Å². The van der Waals surface area contributed by atoms with E-state index < -0.39 is 29.2 Å². The van der Waals surface area contributed by atoms with E-state index in [0.717, 1.165) is 42.1 Å². The Kier molecular flexibility index (Phi) is 9.87.